The first-order valence-corrected chi connectivity index (χ1v) is 13.5. The summed E-state index contributed by atoms with van der Waals surface area (Å²) in [5.41, 5.74) is 6.29. The van der Waals surface area contributed by atoms with Crippen LogP contribution in [0.4, 0.5) is 8.78 Å². The molecule has 2 fully saturated rings. The molecule has 0 bridgehead atoms. The summed E-state index contributed by atoms with van der Waals surface area (Å²) >= 11 is 0. The van der Waals surface area contributed by atoms with Crippen LogP contribution in [0.3, 0.4) is 0 Å². The Balaban J connectivity index is 1.55. The molecule has 1 atom stereocenters. The van der Waals surface area contributed by atoms with Gasteiger partial charge in [-0.15, -0.1) is 0 Å². The highest BCUT2D eigenvalue weighted by Crippen LogP contribution is 2.40. The van der Waals surface area contributed by atoms with Gasteiger partial charge >= 0.3 is 6.61 Å². The van der Waals surface area contributed by atoms with Gasteiger partial charge in [-0.3, -0.25) is 9.59 Å². The lowest BCUT2D eigenvalue weighted by atomic mass is 9.71. The maximum Gasteiger partial charge on any atom is 0.387 e. The van der Waals surface area contributed by atoms with E-state index < -0.39 is 18.6 Å². The molecule has 0 spiro atoms. The highest BCUT2D eigenvalue weighted by Gasteiger charge is 2.36. The Hall–Kier alpha value is -3.21. The number of hydrogen-bond donors (Lipinski definition) is 2. The molecule has 0 aliphatic heterocycles. The molecular formula is C28H38F2N4O5. The molecule has 9 nitrogen and oxygen atoms in total. The molecule has 3 N–H and O–H groups in total. The predicted molar refractivity (Wildman–Crippen MR) is 141 cm³/mol. The highest BCUT2D eigenvalue weighted by atomic mass is 19.3. The van der Waals surface area contributed by atoms with Crippen LogP contribution in [0.15, 0.2) is 22.6 Å². The monoisotopic (exact) mass is 548 g/mol. The molecule has 2 saturated carbocycles. The molecule has 2 amide bonds. The number of carbonyl (C=O) groups is 2. The molecular weight excluding hydrogens is 510 g/mol. The van der Waals surface area contributed by atoms with Crippen LogP contribution in [0.5, 0.6) is 11.5 Å². The number of amides is 2. The molecule has 4 rings (SSSR count). The molecule has 1 aromatic heterocycles. The van der Waals surface area contributed by atoms with Crippen molar-refractivity contribution < 1.29 is 32.3 Å². The quantitative estimate of drug-likeness (QED) is 0.387. The summed E-state index contributed by atoms with van der Waals surface area (Å²) in [6, 6.07) is 3.78. The summed E-state index contributed by atoms with van der Waals surface area (Å²) in [6.45, 7) is -0.583. The van der Waals surface area contributed by atoms with Gasteiger partial charge in [-0.2, -0.15) is 8.78 Å². The van der Waals surface area contributed by atoms with Crippen molar-refractivity contribution in [3.63, 3.8) is 0 Å². The van der Waals surface area contributed by atoms with Gasteiger partial charge in [0.2, 0.25) is 11.8 Å². The SMILES string of the molecule is CC(N)c1oc(-c2ccc(OC(F)F)c(OCC3CC3)c2)nc1C(=O)NCC1(CC(=O)N(C)C)CCCCC1. The summed E-state index contributed by atoms with van der Waals surface area (Å²) in [5.74, 6) is 0.371. The van der Waals surface area contributed by atoms with Crippen molar-refractivity contribution in [3.8, 4) is 23.0 Å². The molecule has 11 heteroatoms. The standard InChI is InChI=1S/C28H38F2N4O5/c1-17(31)24-23(25(36)32-16-28(11-5-4-6-12-28)14-22(35)34(2)3)33-26(39-24)19-9-10-20(38-27(29)30)21(13-19)37-15-18-7-8-18/h9-10,13,17-18,27H,4-8,11-12,14-16,31H2,1-3H3,(H,32,36). The first-order valence-electron chi connectivity index (χ1n) is 13.5. The van der Waals surface area contributed by atoms with Crippen molar-refractivity contribution in [2.75, 3.05) is 27.2 Å². The minimum absolute atomic E-state index is 0.0325. The Morgan fingerprint density at radius 2 is 1.92 bits per heavy atom. The molecule has 39 heavy (non-hydrogen) atoms. The van der Waals surface area contributed by atoms with Crippen LogP contribution < -0.4 is 20.5 Å². The van der Waals surface area contributed by atoms with Crippen LogP contribution in [0.25, 0.3) is 11.5 Å². The molecule has 2 aromatic rings. The summed E-state index contributed by atoms with van der Waals surface area (Å²) in [7, 11) is 3.47. The lowest BCUT2D eigenvalue weighted by Gasteiger charge is -2.37. The lowest BCUT2D eigenvalue weighted by Crippen LogP contribution is -2.42. The summed E-state index contributed by atoms with van der Waals surface area (Å²) in [6.07, 6.45) is 7.26. The van der Waals surface area contributed by atoms with Gasteiger partial charge in [0.1, 0.15) is 0 Å². The number of rotatable bonds is 12. The Labute approximate surface area is 227 Å². The zero-order chi connectivity index (χ0) is 28.2. The molecule has 0 saturated heterocycles. The van der Waals surface area contributed by atoms with E-state index in [4.69, 9.17) is 14.9 Å². The van der Waals surface area contributed by atoms with Gasteiger partial charge in [0.05, 0.1) is 12.6 Å². The number of alkyl halides is 2. The van der Waals surface area contributed by atoms with Gasteiger partial charge in [-0.05, 0) is 62.1 Å². The van der Waals surface area contributed by atoms with E-state index in [2.05, 4.69) is 15.0 Å². The summed E-state index contributed by atoms with van der Waals surface area (Å²) in [5, 5.41) is 2.98. The number of nitrogens with zero attached hydrogens (tertiary/aromatic N) is 2. The van der Waals surface area contributed by atoms with Crippen LogP contribution >= 0.6 is 0 Å². The van der Waals surface area contributed by atoms with Crippen molar-refractivity contribution in [2.45, 2.75) is 70.9 Å². The van der Waals surface area contributed by atoms with Gasteiger partial charge < -0.3 is 29.8 Å². The number of hydrogen-bond acceptors (Lipinski definition) is 7. The van der Waals surface area contributed by atoms with Crippen molar-refractivity contribution in [3.05, 3.63) is 29.7 Å². The number of aromatic nitrogens is 1. The Kier molecular flexibility index (Phi) is 9.09. The Morgan fingerprint density at radius 1 is 1.21 bits per heavy atom. The Bertz CT molecular complexity index is 1160. The molecule has 2 aliphatic carbocycles. The third-order valence-corrected chi connectivity index (χ3v) is 7.42. The lowest BCUT2D eigenvalue weighted by molar-refractivity contribution is -0.131. The predicted octanol–water partition coefficient (Wildman–Crippen LogP) is 4.91. The summed E-state index contributed by atoms with van der Waals surface area (Å²) in [4.78, 5) is 31.9. The maximum atomic E-state index is 13.3. The number of halogens is 2. The van der Waals surface area contributed by atoms with Crippen molar-refractivity contribution in [1.82, 2.24) is 15.2 Å². The van der Waals surface area contributed by atoms with E-state index in [0.29, 0.717) is 31.1 Å². The minimum atomic E-state index is -3.00. The van der Waals surface area contributed by atoms with Crippen LogP contribution in [0.1, 0.15) is 80.6 Å². The molecule has 2 aliphatic rings. The fourth-order valence-electron chi connectivity index (χ4n) is 4.91. The zero-order valence-electron chi connectivity index (χ0n) is 22.8. The second-order valence-corrected chi connectivity index (χ2v) is 11.0. The van der Waals surface area contributed by atoms with Gasteiger partial charge in [-0.25, -0.2) is 4.98 Å². The van der Waals surface area contributed by atoms with E-state index in [9.17, 15) is 18.4 Å². The van der Waals surface area contributed by atoms with Crippen LogP contribution in [0.2, 0.25) is 0 Å². The van der Waals surface area contributed by atoms with E-state index in [1.165, 1.54) is 18.2 Å². The number of carbonyl (C=O) groups excluding carboxylic acids is 2. The first-order chi connectivity index (χ1) is 18.6. The second-order valence-electron chi connectivity index (χ2n) is 11.0. The smallest absolute Gasteiger partial charge is 0.387 e. The molecule has 1 heterocycles. The minimum Gasteiger partial charge on any atom is -0.489 e. The number of benzene rings is 1. The van der Waals surface area contributed by atoms with E-state index in [0.717, 1.165) is 44.9 Å². The number of ether oxygens (including phenoxy) is 2. The maximum absolute atomic E-state index is 13.3. The van der Waals surface area contributed by atoms with Gasteiger partial charge in [0, 0.05) is 32.6 Å². The van der Waals surface area contributed by atoms with Gasteiger partial charge in [0.15, 0.2) is 23.0 Å². The fourth-order valence-corrected chi connectivity index (χ4v) is 4.91. The number of nitrogens with two attached hydrogens (primary N) is 1. The van der Waals surface area contributed by atoms with E-state index >= 15 is 0 Å². The van der Waals surface area contributed by atoms with Crippen molar-refractivity contribution in [1.29, 1.82) is 0 Å². The second kappa shape index (κ2) is 12.3. The van der Waals surface area contributed by atoms with Crippen LogP contribution in [0, 0.1) is 11.3 Å². The third-order valence-electron chi connectivity index (χ3n) is 7.42. The van der Waals surface area contributed by atoms with Crippen LogP contribution in [-0.2, 0) is 4.79 Å². The van der Waals surface area contributed by atoms with Gasteiger partial charge in [0.25, 0.3) is 5.91 Å². The molecule has 1 unspecified atom stereocenters. The van der Waals surface area contributed by atoms with Crippen molar-refractivity contribution in [2.24, 2.45) is 17.1 Å². The first kappa shape index (κ1) is 28.8. The average Bonchev–Trinajstić information content (AvgIpc) is 3.61. The topological polar surface area (TPSA) is 120 Å². The molecule has 0 radical (unpaired) electrons. The fraction of sp³-hybridized carbons (Fsp3) is 0.607. The third kappa shape index (κ3) is 7.46. The van der Waals surface area contributed by atoms with Crippen LogP contribution in [-0.4, -0.2) is 55.6 Å². The largest absolute Gasteiger partial charge is 0.489 e. The van der Waals surface area contributed by atoms with Gasteiger partial charge in [-0.1, -0.05) is 19.3 Å². The van der Waals surface area contributed by atoms with E-state index in [1.807, 2.05) is 0 Å². The molecule has 1 aromatic carbocycles. The van der Waals surface area contributed by atoms with E-state index in [1.54, 1.807) is 25.9 Å². The summed E-state index contributed by atoms with van der Waals surface area (Å²) < 4.78 is 42.1. The number of oxazole rings is 1. The number of nitrogens with one attached hydrogen (secondary N) is 1. The normalized spacial score (nSPS) is 17.5. The highest BCUT2D eigenvalue weighted by molar-refractivity contribution is 5.94. The zero-order valence-corrected chi connectivity index (χ0v) is 22.8. The molecule has 214 valence electrons. The van der Waals surface area contributed by atoms with E-state index in [-0.39, 0.29) is 40.2 Å². The van der Waals surface area contributed by atoms with Crippen molar-refractivity contribution >= 4 is 11.8 Å². The Morgan fingerprint density at radius 3 is 2.54 bits per heavy atom. The average molecular weight is 549 g/mol.